The molecule has 92 valence electrons. The molecule has 0 spiro atoms. The number of aliphatic carboxylic acids is 1. The van der Waals surface area contributed by atoms with Gasteiger partial charge < -0.3 is 14.6 Å². The molecule has 2 N–H and O–H groups in total. The van der Waals surface area contributed by atoms with Gasteiger partial charge in [-0.25, -0.2) is 9.78 Å². The second kappa shape index (κ2) is 5.33. The number of carbonyl (C=O) groups is 1. The van der Waals surface area contributed by atoms with Crippen molar-refractivity contribution in [2.45, 2.75) is 24.2 Å². The minimum atomic E-state index is -1.08. The van der Waals surface area contributed by atoms with Crippen molar-refractivity contribution in [1.82, 2.24) is 9.97 Å². The lowest BCUT2D eigenvalue weighted by Gasteiger charge is -2.10. The maximum absolute atomic E-state index is 10.9. The van der Waals surface area contributed by atoms with Crippen LogP contribution in [0.3, 0.4) is 0 Å². The highest BCUT2D eigenvalue weighted by Gasteiger charge is 2.23. The smallest absolute Gasteiger partial charge is 0.339 e. The molecule has 0 aliphatic heterocycles. The fourth-order valence-electron chi connectivity index (χ4n) is 1.23. The normalized spacial score (nSPS) is 16.5. The Kier molecular flexibility index (Phi) is 3.80. The Balaban J connectivity index is 2.05. The van der Waals surface area contributed by atoms with Crippen LogP contribution >= 0.6 is 11.9 Å². The zero-order valence-corrected chi connectivity index (χ0v) is 10.1. The molecule has 1 aromatic rings. The number of aromatic nitrogens is 2. The van der Waals surface area contributed by atoms with Crippen molar-refractivity contribution in [3.8, 4) is 0 Å². The molecule has 0 bridgehead atoms. The van der Waals surface area contributed by atoms with Crippen LogP contribution in [0.2, 0.25) is 0 Å². The molecule has 1 saturated carbocycles. The fraction of sp³-hybridized carbons (Fsp3) is 0.500. The van der Waals surface area contributed by atoms with Gasteiger partial charge in [0.15, 0.2) is 11.9 Å². The SMILES string of the molecule is COC(C(=O)O)c1cncc(NSC2CC2)n1. The summed E-state index contributed by atoms with van der Waals surface area (Å²) in [6, 6.07) is 0. The molecular weight excluding hydrogens is 242 g/mol. The average Bonchev–Trinajstić information content (AvgIpc) is 3.11. The summed E-state index contributed by atoms with van der Waals surface area (Å²) in [7, 11) is 1.33. The Bertz CT molecular complexity index is 412. The first-order valence-electron chi connectivity index (χ1n) is 5.20. The summed E-state index contributed by atoms with van der Waals surface area (Å²) in [6.45, 7) is 0. The molecule has 0 aromatic carbocycles. The van der Waals surface area contributed by atoms with E-state index in [4.69, 9.17) is 9.84 Å². The number of rotatable bonds is 6. The van der Waals surface area contributed by atoms with E-state index in [-0.39, 0.29) is 0 Å². The van der Waals surface area contributed by atoms with Crippen molar-refractivity contribution in [2.24, 2.45) is 0 Å². The van der Waals surface area contributed by atoms with E-state index in [9.17, 15) is 4.79 Å². The van der Waals surface area contributed by atoms with E-state index in [0.717, 1.165) is 0 Å². The van der Waals surface area contributed by atoms with Gasteiger partial charge in [0, 0.05) is 12.4 Å². The molecule has 1 atom stereocenters. The quantitative estimate of drug-likeness (QED) is 0.744. The third-order valence-electron chi connectivity index (χ3n) is 2.24. The number of ether oxygens (including phenoxy) is 1. The number of nitrogens with one attached hydrogen (secondary N) is 1. The lowest BCUT2D eigenvalue weighted by atomic mass is 10.2. The molecule has 1 aliphatic carbocycles. The van der Waals surface area contributed by atoms with Crippen LogP contribution < -0.4 is 4.72 Å². The van der Waals surface area contributed by atoms with E-state index in [1.54, 1.807) is 18.1 Å². The third kappa shape index (κ3) is 3.31. The fourth-order valence-corrected chi connectivity index (χ4v) is 1.99. The maximum atomic E-state index is 10.9. The number of anilines is 1. The van der Waals surface area contributed by atoms with Crippen molar-refractivity contribution in [1.29, 1.82) is 0 Å². The van der Waals surface area contributed by atoms with Gasteiger partial charge in [0.2, 0.25) is 0 Å². The van der Waals surface area contributed by atoms with Gasteiger partial charge in [-0.3, -0.25) is 4.98 Å². The van der Waals surface area contributed by atoms with Crippen molar-refractivity contribution in [3.63, 3.8) is 0 Å². The van der Waals surface area contributed by atoms with E-state index in [1.165, 1.54) is 26.1 Å². The molecular formula is C10H13N3O3S. The highest BCUT2D eigenvalue weighted by Crippen LogP contribution is 2.34. The lowest BCUT2D eigenvalue weighted by Crippen LogP contribution is -2.15. The number of hydrogen-bond acceptors (Lipinski definition) is 6. The number of carboxylic acids is 1. The average molecular weight is 255 g/mol. The molecule has 0 amide bonds. The summed E-state index contributed by atoms with van der Waals surface area (Å²) in [5.41, 5.74) is 0.293. The molecule has 1 heterocycles. The summed E-state index contributed by atoms with van der Waals surface area (Å²) >= 11 is 1.59. The third-order valence-corrected chi connectivity index (χ3v) is 3.37. The maximum Gasteiger partial charge on any atom is 0.339 e. The Hall–Kier alpha value is -1.34. The van der Waals surface area contributed by atoms with Gasteiger partial charge in [-0.15, -0.1) is 0 Å². The first-order chi connectivity index (χ1) is 8.20. The lowest BCUT2D eigenvalue weighted by molar-refractivity contribution is -0.149. The van der Waals surface area contributed by atoms with Crippen LogP contribution in [-0.2, 0) is 9.53 Å². The van der Waals surface area contributed by atoms with E-state index in [2.05, 4.69) is 14.7 Å². The van der Waals surface area contributed by atoms with Crippen LogP contribution in [-0.4, -0.2) is 33.4 Å². The zero-order chi connectivity index (χ0) is 12.3. The summed E-state index contributed by atoms with van der Waals surface area (Å²) in [5.74, 6) is -0.517. The molecule has 17 heavy (non-hydrogen) atoms. The number of nitrogens with zero attached hydrogens (tertiary/aromatic N) is 2. The largest absolute Gasteiger partial charge is 0.479 e. The monoisotopic (exact) mass is 255 g/mol. The minimum absolute atomic E-state index is 0.293. The molecule has 2 rings (SSSR count). The molecule has 1 aromatic heterocycles. The second-order valence-corrected chi connectivity index (χ2v) is 4.81. The highest BCUT2D eigenvalue weighted by atomic mass is 32.2. The Morgan fingerprint density at radius 1 is 1.65 bits per heavy atom. The van der Waals surface area contributed by atoms with Crippen LogP contribution in [0.5, 0.6) is 0 Å². The van der Waals surface area contributed by atoms with Crippen molar-refractivity contribution in [2.75, 3.05) is 11.8 Å². The Morgan fingerprint density at radius 2 is 2.41 bits per heavy atom. The van der Waals surface area contributed by atoms with Gasteiger partial charge in [0.1, 0.15) is 5.69 Å². The Morgan fingerprint density at radius 3 is 3.00 bits per heavy atom. The molecule has 1 aliphatic rings. The van der Waals surface area contributed by atoms with Crippen molar-refractivity contribution in [3.05, 3.63) is 18.1 Å². The van der Waals surface area contributed by atoms with Crippen molar-refractivity contribution >= 4 is 23.7 Å². The topological polar surface area (TPSA) is 84.3 Å². The molecule has 0 radical (unpaired) electrons. The highest BCUT2D eigenvalue weighted by molar-refractivity contribution is 8.01. The van der Waals surface area contributed by atoms with Crippen molar-refractivity contribution < 1.29 is 14.6 Å². The van der Waals surface area contributed by atoms with Gasteiger partial charge >= 0.3 is 5.97 Å². The van der Waals surface area contributed by atoms with E-state index in [0.29, 0.717) is 16.8 Å². The number of hydrogen-bond donors (Lipinski definition) is 2. The predicted octanol–water partition coefficient (Wildman–Crippen LogP) is 1.47. The summed E-state index contributed by atoms with van der Waals surface area (Å²) < 4.78 is 7.91. The Labute approximate surface area is 103 Å². The standard InChI is InChI=1S/C10H13N3O3S/c1-16-9(10(14)15)7-4-11-5-8(12-7)13-17-6-2-3-6/h4-6,9H,2-3H2,1H3,(H,12,13)(H,14,15). The molecule has 1 unspecified atom stereocenters. The number of methoxy groups -OCH3 is 1. The summed E-state index contributed by atoms with van der Waals surface area (Å²) in [5, 5.41) is 9.56. The van der Waals surface area contributed by atoms with Gasteiger partial charge in [0.05, 0.1) is 12.4 Å². The van der Waals surface area contributed by atoms with E-state index < -0.39 is 12.1 Å². The van der Waals surface area contributed by atoms with Crippen LogP contribution in [0.15, 0.2) is 12.4 Å². The zero-order valence-electron chi connectivity index (χ0n) is 9.29. The molecule has 6 nitrogen and oxygen atoms in total. The summed E-state index contributed by atoms with van der Waals surface area (Å²) in [6.07, 6.45) is 4.30. The molecule has 1 fully saturated rings. The van der Waals surface area contributed by atoms with Crippen LogP contribution in [0.25, 0.3) is 0 Å². The molecule has 7 heteroatoms. The van der Waals surface area contributed by atoms with Crippen LogP contribution in [0.1, 0.15) is 24.6 Å². The van der Waals surface area contributed by atoms with Crippen LogP contribution in [0.4, 0.5) is 5.82 Å². The van der Waals surface area contributed by atoms with Gasteiger partial charge in [-0.1, -0.05) is 0 Å². The van der Waals surface area contributed by atoms with Gasteiger partial charge in [-0.2, -0.15) is 0 Å². The van der Waals surface area contributed by atoms with Crippen LogP contribution in [0, 0.1) is 0 Å². The van der Waals surface area contributed by atoms with Gasteiger partial charge in [-0.05, 0) is 24.8 Å². The van der Waals surface area contributed by atoms with Gasteiger partial charge in [0.25, 0.3) is 0 Å². The van der Waals surface area contributed by atoms with E-state index in [1.807, 2.05) is 0 Å². The predicted molar refractivity (Wildman–Crippen MR) is 63.7 cm³/mol. The number of carboxylic acid groups (broad SMARTS) is 1. The minimum Gasteiger partial charge on any atom is -0.479 e. The first-order valence-corrected chi connectivity index (χ1v) is 6.08. The van der Waals surface area contributed by atoms with E-state index >= 15 is 0 Å². The summed E-state index contributed by atoms with van der Waals surface area (Å²) in [4.78, 5) is 19.0. The second-order valence-electron chi connectivity index (χ2n) is 3.70. The first kappa shape index (κ1) is 12.1. The molecule has 0 saturated heterocycles.